The molecule has 0 aliphatic carbocycles. The zero-order chi connectivity index (χ0) is 8.27. The lowest BCUT2D eigenvalue weighted by Crippen LogP contribution is -1.87. The molecule has 0 saturated heterocycles. The van der Waals surface area contributed by atoms with Gasteiger partial charge in [-0.1, -0.05) is 24.3 Å². The fourth-order valence-corrected chi connectivity index (χ4v) is 0.878. The van der Waals surface area contributed by atoms with E-state index in [1.165, 1.54) is 0 Å². The second-order valence-electron chi connectivity index (χ2n) is 1.97. The Kier molecular flexibility index (Phi) is 2.49. The predicted octanol–water partition coefficient (Wildman–Crippen LogP) is 2.39. The SMILES string of the molecule is C=Cc1cnc(Cl)c(OC)c1. The van der Waals surface area contributed by atoms with E-state index in [0.717, 1.165) is 5.56 Å². The highest BCUT2D eigenvalue weighted by molar-refractivity contribution is 6.30. The van der Waals surface area contributed by atoms with E-state index in [1.807, 2.05) is 0 Å². The van der Waals surface area contributed by atoms with E-state index in [2.05, 4.69) is 11.6 Å². The normalized spacial score (nSPS) is 9.27. The molecule has 0 N–H and O–H groups in total. The van der Waals surface area contributed by atoms with Crippen molar-refractivity contribution in [1.82, 2.24) is 4.98 Å². The van der Waals surface area contributed by atoms with Gasteiger partial charge in [-0.15, -0.1) is 0 Å². The molecule has 0 bridgehead atoms. The molecular formula is C8H8ClNO. The molecule has 0 aliphatic heterocycles. The number of nitrogens with zero attached hydrogens (tertiary/aromatic N) is 1. The number of methoxy groups -OCH3 is 1. The van der Waals surface area contributed by atoms with Gasteiger partial charge in [-0.3, -0.25) is 0 Å². The van der Waals surface area contributed by atoms with Crippen molar-refractivity contribution in [1.29, 1.82) is 0 Å². The second-order valence-corrected chi connectivity index (χ2v) is 2.32. The fourth-order valence-electron chi connectivity index (χ4n) is 0.698. The quantitative estimate of drug-likeness (QED) is 0.635. The van der Waals surface area contributed by atoms with Crippen LogP contribution in [0.3, 0.4) is 0 Å². The van der Waals surface area contributed by atoms with Gasteiger partial charge in [0.2, 0.25) is 0 Å². The lowest BCUT2D eigenvalue weighted by Gasteiger charge is -2.01. The number of hydrogen-bond donors (Lipinski definition) is 0. The first-order valence-corrected chi connectivity index (χ1v) is 3.47. The summed E-state index contributed by atoms with van der Waals surface area (Å²) in [7, 11) is 1.55. The van der Waals surface area contributed by atoms with E-state index >= 15 is 0 Å². The zero-order valence-electron chi connectivity index (χ0n) is 6.17. The molecule has 0 atom stereocenters. The maximum absolute atomic E-state index is 5.68. The molecule has 0 amide bonds. The molecule has 0 saturated carbocycles. The van der Waals surface area contributed by atoms with Crippen molar-refractivity contribution >= 4 is 17.7 Å². The van der Waals surface area contributed by atoms with Crippen LogP contribution in [-0.2, 0) is 0 Å². The largest absolute Gasteiger partial charge is 0.494 e. The van der Waals surface area contributed by atoms with Gasteiger partial charge in [0.15, 0.2) is 10.9 Å². The van der Waals surface area contributed by atoms with Gasteiger partial charge >= 0.3 is 0 Å². The molecule has 0 unspecified atom stereocenters. The van der Waals surface area contributed by atoms with Gasteiger partial charge in [-0.2, -0.15) is 0 Å². The summed E-state index contributed by atoms with van der Waals surface area (Å²) in [4.78, 5) is 3.89. The van der Waals surface area contributed by atoms with E-state index in [4.69, 9.17) is 16.3 Å². The van der Waals surface area contributed by atoms with Crippen molar-refractivity contribution in [3.8, 4) is 5.75 Å². The van der Waals surface area contributed by atoms with Crippen molar-refractivity contribution in [2.45, 2.75) is 0 Å². The molecule has 1 rings (SSSR count). The number of pyridine rings is 1. The van der Waals surface area contributed by atoms with E-state index < -0.39 is 0 Å². The Morgan fingerprint density at radius 1 is 1.73 bits per heavy atom. The Balaban J connectivity index is 3.12. The smallest absolute Gasteiger partial charge is 0.171 e. The van der Waals surface area contributed by atoms with Gasteiger partial charge in [0.1, 0.15) is 0 Å². The molecule has 0 spiro atoms. The van der Waals surface area contributed by atoms with Crippen molar-refractivity contribution < 1.29 is 4.74 Å². The first-order chi connectivity index (χ1) is 5.27. The number of ether oxygens (including phenoxy) is 1. The maximum Gasteiger partial charge on any atom is 0.171 e. The lowest BCUT2D eigenvalue weighted by molar-refractivity contribution is 0.413. The van der Waals surface area contributed by atoms with Gasteiger partial charge < -0.3 is 4.74 Å². The van der Waals surface area contributed by atoms with Crippen molar-refractivity contribution in [2.75, 3.05) is 7.11 Å². The maximum atomic E-state index is 5.68. The van der Waals surface area contributed by atoms with Crippen LogP contribution in [-0.4, -0.2) is 12.1 Å². The summed E-state index contributed by atoms with van der Waals surface area (Å²) in [6.07, 6.45) is 3.32. The third-order valence-electron chi connectivity index (χ3n) is 1.28. The lowest BCUT2D eigenvalue weighted by atomic mass is 10.3. The topological polar surface area (TPSA) is 22.1 Å². The molecule has 1 heterocycles. The van der Waals surface area contributed by atoms with Crippen LogP contribution in [0.1, 0.15) is 5.56 Å². The van der Waals surface area contributed by atoms with Gasteiger partial charge in [-0.25, -0.2) is 4.98 Å². The molecule has 1 aromatic rings. The Morgan fingerprint density at radius 3 is 3.00 bits per heavy atom. The minimum absolute atomic E-state index is 0.373. The predicted molar refractivity (Wildman–Crippen MR) is 45.9 cm³/mol. The molecule has 3 heteroatoms. The van der Waals surface area contributed by atoms with E-state index in [9.17, 15) is 0 Å². The molecule has 0 radical (unpaired) electrons. The first kappa shape index (κ1) is 8.08. The first-order valence-electron chi connectivity index (χ1n) is 3.10. The number of rotatable bonds is 2. The molecule has 1 aromatic heterocycles. The Bertz CT molecular complexity index is 273. The summed E-state index contributed by atoms with van der Waals surface area (Å²) < 4.78 is 4.95. The highest BCUT2D eigenvalue weighted by Crippen LogP contribution is 2.22. The Labute approximate surface area is 70.5 Å². The minimum atomic E-state index is 0.373. The molecular weight excluding hydrogens is 162 g/mol. The number of aromatic nitrogens is 1. The summed E-state index contributed by atoms with van der Waals surface area (Å²) in [5, 5.41) is 0.373. The molecule has 0 aromatic carbocycles. The van der Waals surface area contributed by atoms with Crippen LogP contribution in [0.4, 0.5) is 0 Å². The van der Waals surface area contributed by atoms with Crippen LogP contribution in [0.5, 0.6) is 5.75 Å². The molecule has 2 nitrogen and oxygen atoms in total. The number of halogens is 1. The Hall–Kier alpha value is -1.02. The second kappa shape index (κ2) is 3.39. The zero-order valence-corrected chi connectivity index (χ0v) is 6.93. The highest BCUT2D eigenvalue weighted by atomic mass is 35.5. The van der Waals surface area contributed by atoms with E-state index in [-0.39, 0.29) is 0 Å². The average molecular weight is 170 g/mol. The standard InChI is InChI=1S/C8H8ClNO/c1-3-6-4-7(11-2)8(9)10-5-6/h3-5H,1H2,2H3. The van der Waals surface area contributed by atoms with Crippen molar-refractivity contribution in [3.63, 3.8) is 0 Å². The fraction of sp³-hybridized carbons (Fsp3) is 0.125. The average Bonchev–Trinajstić information content (AvgIpc) is 2.05. The van der Waals surface area contributed by atoms with Crippen molar-refractivity contribution in [3.05, 3.63) is 29.6 Å². The summed E-state index contributed by atoms with van der Waals surface area (Å²) in [6, 6.07) is 1.78. The van der Waals surface area contributed by atoms with Gasteiger partial charge in [-0.05, 0) is 11.6 Å². The number of hydrogen-bond acceptors (Lipinski definition) is 2. The Morgan fingerprint density at radius 2 is 2.45 bits per heavy atom. The highest BCUT2D eigenvalue weighted by Gasteiger charge is 2.00. The van der Waals surface area contributed by atoms with Crippen LogP contribution in [0.2, 0.25) is 5.15 Å². The summed E-state index contributed by atoms with van der Waals surface area (Å²) in [6.45, 7) is 3.60. The van der Waals surface area contributed by atoms with Gasteiger partial charge in [0, 0.05) is 6.20 Å². The molecule has 58 valence electrons. The van der Waals surface area contributed by atoms with Crippen LogP contribution in [0.15, 0.2) is 18.8 Å². The summed E-state index contributed by atoms with van der Waals surface area (Å²) >= 11 is 5.68. The monoisotopic (exact) mass is 169 g/mol. The van der Waals surface area contributed by atoms with Crippen LogP contribution in [0.25, 0.3) is 6.08 Å². The third-order valence-corrected chi connectivity index (χ3v) is 1.57. The molecule has 0 fully saturated rings. The van der Waals surface area contributed by atoms with Crippen LogP contribution < -0.4 is 4.74 Å². The third kappa shape index (κ3) is 1.71. The van der Waals surface area contributed by atoms with Gasteiger partial charge in [0.25, 0.3) is 0 Å². The summed E-state index contributed by atoms with van der Waals surface area (Å²) in [5.41, 5.74) is 0.895. The van der Waals surface area contributed by atoms with E-state index in [0.29, 0.717) is 10.9 Å². The van der Waals surface area contributed by atoms with Crippen LogP contribution in [0, 0.1) is 0 Å². The minimum Gasteiger partial charge on any atom is -0.494 e. The van der Waals surface area contributed by atoms with Crippen molar-refractivity contribution in [2.24, 2.45) is 0 Å². The van der Waals surface area contributed by atoms with Gasteiger partial charge in [0.05, 0.1) is 7.11 Å². The summed E-state index contributed by atoms with van der Waals surface area (Å²) in [5.74, 6) is 0.573. The molecule has 11 heavy (non-hydrogen) atoms. The van der Waals surface area contributed by atoms with E-state index in [1.54, 1.807) is 25.4 Å². The van der Waals surface area contributed by atoms with Crippen LogP contribution >= 0.6 is 11.6 Å². The molecule has 0 aliphatic rings.